The third kappa shape index (κ3) is 3.87. The van der Waals surface area contributed by atoms with Crippen LogP contribution in [0.25, 0.3) is 10.8 Å². The molecule has 0 aliphatic heterocycles. The van der Waals surface area contributed by atoms with Crippen LogP contribution >= 0.6 is 0 Å². The zero-order valence-electron chi connectivity index (χ0n) is 15.0. The van der Waals surface area contributed by atoms with Crippen molar-refractivity contribution in [2.75, 3.05) is 5.32 Å². The van der Waals surface area contributed by atoms with E-state index in [1.54, 1.807) is 55.5 Å². The number of benzene rings is 2. The minimum Gasteiger partial charge on any atom is -0.448 e. The molecule has 0 unspecified atom stereocenters. The molecule has 138 valence electrons. The zero-order chi connectivity index (χ0) is 19.4. The molecule has 0 aliphatic carbocycles. The summed E-state index contributed by atoms with van der Waals surface area (Å²) in [4.78, 5) is 37.2. The minimum absolute atomic E-state index is 0.00594. The number of esters is 1. The lowest BCUT2D eigenvalue weighted by atomic mass is 10.1. The van der Waals surface area contributed by atoms with Gasteiger partial charge in [-0.25, -0.2) is 9.48 Å². The Morgan fingerprint density at radius 2 is 1.70 bits per heavy atom. The summed E-state index contributed by atoms with van der Waals surface area (Å²) in [6, 6.07) is 15.6. The van der Waals surface area contributed by atoms with Crippen molar-refractivity contribution in [1.29, 1.82) is 0 Å². The van der Waals surface area contributed by atoms with E-state index in [-0.39, 0.29) is 11.3 Å². The van der Waals surface area contributed by atoms with Crippen LogP contribution in [0.15, 0.2) is 59.4 Å². The Morgan fingerprint density at radius 1 is 1.07 bits per heavy atom. The second-order valence-electron chi connectivity index (χ2n) is 5.92. The number of nitrogens with one attached hydrogen (secondary N) is 1. The smallest absolute Gasteiger partial charge is 0.360 e. The second kappa shape index (κ2) is 7.82. The van der Waals surface area contributed by atoms with Gasteiger partial charge in [-0.15, -0.1) is 0 Å². The first-order valence-electron chi connectivity index (χ1n) is 8.58. The average Bonchev–Trinajstić information content (AvgIpc) is 2.69. The number of para-hydroxylation sites is 1. The van der Waals surface area contributed by atoms with Crippen LogP contribution in [0.2, 0.25) is 0 Å². The van der Waals surface area contributed by atoms with Crippen molar-refractivity contribution >= 4 is 28.3 Å². The first kappa shape index (κ1) is 18.3. The van der Waals surface area contributed by atoms with E-state index in [1.807, 2.05) is 6.07 Å². The van der Waals surface area contributed by atoms with Crippen LogP contribution in [0.3, 0.4) is 0 Å². The maximum absolute atomic E-state index is 12.6. The molecular formula is C20H19N3O4. The number of anilines is 1. The molecule has 7 heteroatoms. The normalized spacial score (nSPS) is 11.8. The lowest BCUT2D eigenvalue weighted by molar-refractivity contribution is -0.123. The molecule has 1 heterocycles. The van der Waals surface area contributed by atoms with Gasteiger partial charge in [-0.3, -0.25) is 9.59 Å². The van der Waals surface area contributed by atoms with E-state index in [0.29, 0.717) is 23.0 Å². The topological polar surface area (TPSA) is 90.3 Å². The van der Waals surface area contributed by atoms with Crippen molar-refractivity contribution in [3.8, 4) is 0 Å². The fourth-order valence-electron chi connectivity index (χ4n) is 2.64. The fourth-order valence-corrected chi connectivity index (χ4v) is 2.64. The van der Waals surface area contributed by atoms with Crippen LogP contribution in [0.5, 0.6) is 0 Å². The average molecular weight is 365 g/mol. The van der Waals surface area contributed by atoms with Crippen LogP contribution in [0.1, 0.15) is 24.3 Å². The van der Waals surface area contributed by atoms with E-state index < -0.39 is 18.0 Å². The Hall–Kier alpha value is -3.48. The molecule has 0 saturated carbocycles. The number of hydrogen-bond donors (Lipinski definition) is 1. The Labute approximate surface area is 155 Å². The van der Waals surface area contributed by atoms with Gasteiger partial charge >= 0.3 is 5.97 Å². The van der Waals surface area contributed by atoms with Gasteiger partial charge in [0.25, 0.3) is 11.5 Å². The summed E-state index contributed by atoms with van der Waals surface area (Å²) in [6.07, 6.45) is -1.03. The zero-order valence-corrected chi connectivity index (χ0v) is 15.0. The van der Waals surface area contributed by atoms with Gasteiger partial charge in [0, 0.05) is 17.6 Å². The van der Waals surface area contributed by atoms with Crippen LogP contribution < -0.4 is 10.9 Å². The number of carbonyl (C=O) groups excluding carboxylic acids is 2. The van der Waals surface area contributed by atoms with E-state index >= 15 is 0 Å². The van der Waals surface area contributed by atoms with E-state index in [0.717, 1.165) is 0 Å². The minimum atomic E-state index is -1.03. The number of ether oxygens (including phenoxy) is 1. The Kier molecular flexibility index (Phi) is 5.30. The van der Waals surface area contributed by atoms with Gasteiger partial charge < -0.3 is 10.1 Å². The molecule has 0 aliphatic rings. The molecule has 0 fully saturated rings. The molecule has 0 saturated heterocycles. The molecule has 0 radical (unpaired) electrons. The van der Waals surface area contributed by atoms with Crippen molar-refractivity contribution in [2.45, 2.75) is 26.5 Å². The first-order chi connectivity index (χ1) is 13.0. The molecule has 0 spiro atoms. The fraction of sp³-hybridized carbons (Fsp3) is 0.200. The van der Waals surface area contributed by atoms with Crippen LogP contribution in [0.4, 0.5) is 5.69 Å². The summed E-state index contributed by atoms with van der Waals surface area (Å²) in [7, 11) is 0. The molecule has 1 atom stereocenters. The van der Waals surface area contributed by atoms with Crippen molar-refractivity contribution in [1.82, 2.24) is 9.78 Å². The lowest BCUT2D eigenvalue weighted by Gasteiger charge is -2.14. The summed E-state index contributed by atoms with van der Waals surface area (Å²) in [5, 5.41) is 7.56. The number of carbonyl (C=O) groups is 2. The van der Waals surface area contributed by atoms with Gasteiger partial charge in [-0.1, -0.05) is 36.4 Å². The molecule has 1 N–H and O–H groups in total. The quantitative estimate of drug-likeness (QED) is 0.702. The molecule has 27 heavy (non-hydrogen) atoms. The van der Waals surface area contributed by atoms with Gasteiger partial charge in [0.15, 0.2) is 11.8 Å². The largest absolute Gasteiger partial charge is 0.448 e. The van der Waals surface area contributed by atoms with E-state index in [9.17, 15) is 14.4 Å². The van der Waals surface area contributed by atoms with Gasteiger partial charge in [0.1, 0.15) is 0 Å². The number of rotatable bonds is 5. The number of fused-ring (bicyclic) bond motifs is 1. The van der Waals surface area contributed by atoms with Crippen molar-refractivity contribution < 1.29 is 14.3 Å². The van der Waals surface area contributed by atoms with Gasteiger partial charge in [-0.2, -0.15) is 5.10 Å². The Morgan fingerprint density at radius 3 is 2.37 bits per heavy atom. The number of hydrogen-bond acceptors (Lipinski definition) is 5. The molecule has 0 bridgehead atoms. The van der Waals surface area contributed by atoms with Gasteiger partial charge in [0.2, 0.25) is 0 Å². The monoisotopic (exact) mass is 365 g/mol. The number of aromatic nitrogens is 2. The summed E-state index contributed by atoms with van der Waals surface area (Å²) >= 11 is 0. The Balaban J connectivity index is 1.84. The SMILES string of the molecule is CCn1nc(C(=O)O[C@H](C)C(=O)Nc2ccccc2)c2ccccc2c1=O. The summed E-state index contributed by atoms with van der Waals surface area (Å²) in [5.74, 6) is -1.22. The predicted octanol–water partition coefficient (Wildman–Crippen LogP) is 2.60. The third-order valence-electron chi connectivity index (χ3n) is 4.05. The highest BCUT2D eigenvalue weighted by Gasteiger charge is 2.23. The number of aryl methyl sites for hydroxylation is 1. The summed E-state index contributed by atoms with van der Waals surface area (Å²) in [6.45, 7) is 3.55. The van der Waals surface area contributed by atoms with E-state index in [2.05, 4.69) is 10.4 Å². The molecule has 7 nitrogen and oxygen atoms in total. The summed E-state index contributed by atoms with van der Waals surface area (Å²) < 4.78 is 6.49. The number of amides is 1. The van der Waals surface area contributed by atoms with Gasteiger partial charge in [-0.05, 0) is 32.0 Å². The van der Waals surface area contributed by atoms with Crippen LogP contribution in [-0.4, -0.2) is 27.8 Å². The first-order valence-corrected chi connectivity index (χ1v) is 8.58. The maximum atomic E-state index is 12.6. The highest BCUT2D eigenvalue weighted by molar-refractivity contribution is 6.03. The van der Waals surface area contributed by atoms with Crippen molar-refractivity contribution in [3.63, 3.8) is 0 Å². The Bertz CT molecular complexity index is 1040. The molecular weight excluding hydrogens is 346 g/mol. The second-order valence-corrected chi connectivity index (χ2v) is 5.92. The van der Waals surface area contributed by atoms with E-state index in [1.165, 1.54) is 11.6 Å². The molecule has 1 aromatic heterocycles. The number of nitrogens with zero attached hydrogens (tertiary/aromatic N) is 2. The van der Waals surface area contributed by atoms with E-state index in [4.69, 9.17) is 4.74 Å². The standard InChI is InChI=1S/C20H19N3O4/c1-3-23-19(25)16-12-8-7-11-15(16)17(22-23)20(26)27-13(2)18(24)21-14-9-5-4-6-10-14/h4-13H,3H2,1-2H3,(H,21,24)/t13-/m1/s1. The predicted molar refractivity (Wildman–Crippen MR) is 102 cm³/mol. The highest BCUT2D eigenvalue weighted by atomic mass is 16.5. The van der Waals surface area contributed by atoms with Gasteiger partial charge in [0.05, 0.1) is 5.39 Å². The van der Waals surface area contributed by atoms with Crippen LogP contribution in [-0.2, 0) is 16.1 Å². The highest BCUT2D eigenvalue weighted by Crippen LogP contribution is 2.15. The lowest BCUT2D eigenvalue weighted by Crippen LogP contribution is -2.31. The molecule has 2 aromatic carbocycles. The third-order valence-corrected chi connectivity index (χ3v) is 4.05. The van der Waals surface area contributed by atoms with Crippen molar-refractivity contribution in [3.05, 3.63) is 70.6 Å². The molecule has 1 amide bonds. The van der Waals surface area contributed by atoms with Crippen LogP contribution in [0, 0.1) is 0 Å². The maximum Gasteiger partial charge on any atom is 0.360 e. The summed E-state index contributed by atoms with van der Waals surface area (Å²) in [5.41, 5.74) is 0.333. The molecule has 3 aromatic rings. The molecule has 3 rings (SSSR count). The van der Waals surface area contributed by atoms with Crippen molar-refractivity contribution in [2.24, 2.45) is 0 Å².